The van der Waals surface area contributed by atoms with Crippen LogP contribution in [-0.2, 0) is 0 Å². The molecule has 0 fully saturated rings. The zero-order valence-corrected chi connectivity index (χ0v) is 8.20. The second-order valence-electron chi connectivity index (χ2n) is 2.81. The van der Waals surface area contributed by atoms with Crippen molar-refractivity contribution in [3.05, 3.63) is 42.0 Å². The minimum Gasteiger partial charge on any atom is -0.293 e. The van der Waals surface area contributed by atoms with Crippen LogP contribution in [-0.4, -0.2) is 12.8 Å². The Hall–Kier alpha value is -1.37. The molecule has 0 heterocycles. The van der Waals surface area contributed by atoms with Gasteiger partial charge in [0.25, 0.3) is 0 Å². The van der Waals surface area contributed by atoms with Gasteiger partial charge in [0.15, 0.2) is 0 Å². The van der Waals surface area contributed by atoms with Gasteiger partial charge in [-0.15, -0.1) is 0 Å². The average molecular weight is 173 g/mol. The third kappa shape index (κ3) is 3.24. The normalized spacial score (nSPS) is 12.3. The van der Waals surface area contributed by atoms with Crippen molar-refractivity contribution >= 4 is 11.8 Å². The third-order valence-electron chi connectivity index (χ3n) is 1.92. The van der Waals surface area contributed by atoms with Crippen LogP contribution >= 0.6 is 0 Å². The molecular formula is C12H15N. The first-order chi connectivity index (χ1) is 6.36. The summed E-state index contributed by atoms with van der Waals surface area (Å²) in [6.07, 6.45) is 5.14. The standard InChI is InChI=1S/C12H15N/c1-3-12(13-2)10-9-11-7-5-4-6-8-11/h4-10H,3H2,1-2H3/b10-9-,13-12-. The smallest absolute Gasteiger partial charge is 0.0342 e. The molecule has 1 nitrogen and oxygen atoms in total. The minimum absolute atomic E-state index is 0.986. The van der Waals surface area contributed by atoms with Crippen LogP contribution in [0.4, 0.5) is 0 Å². The van der Waals surface area contributed by atoms with Crippen molar-refractivity contribution in [3.8, 4) is 0 Å². The Kier molecular flexibility index (Phi) is 3.97. The topological polar surface area (TPSA) is 12.4 Å². The second-order valence-corrected chi connectivity index (χ2v) is 2.81. The summed E-state index contributed by atoms with van der Waals surface area (Å²) in [4.78, 5) is 4.15. The van der Waals surface area contributed by atoms with E-state index in [1.165, 1.54) is 5.56 Å². The van der Waals surface area contributed by atoms with Crippen LogP contribution in [0, 0.1) is 0 Å². The van der Waals surface area contributed by atoms with Crippen molar-refractivity contribution in [2.75, 3.05) is 7.05 Å². The summed E-state index contributed by atoms with van der Waals surface area (Å²) in [5.74, 6) is 0. The molecule has 0 unspecified atom stereocenters. The Labute approximate surface area is 79.8 Å². The molecule has 0 aliphatic rings. The molecule has 68 valence electrons. The molecule has 1 heteroatoms. The van der Waals surface area contributed by atoms with Gasteiger partial charge in [0.2, 0.25) is 0 Å². The van der Waals surface area contributed by atoms with Gasteiger partial charge in [-0.05, 0) is 18.1 Å². The van der Waals surface area contributed by atoms with Gasteiger partial charge >= 0.3 is 0 Å². The number of nitrogens with zero attached hydrogens (tertiary/aromatic N) is 1. The van der Waals surface area contributed by atoms with E-state index in [-0.39, 0.29) is 0 Å². The molecule has 0 spiro atoms. The van der Waals surface area contributed by atoms with Crippen molar-refractivity contribution in [2.45, 2.75) is 13.3 Å². The zero-order chi connectivity index (χ0) is 9.52. The van der Waals surface area contributed by atoms with E-state index in [1.807, 2.05) is 25.2 Å². The maximum atomic E-state index is 4.15. The van der Waals surface area contributed by atoms with Crippen molar-refractivity contribution in [3.63, 3.8) is 0 Å². The van der Waals surface area contributed by atoms with Gasteiger partial charge in [-0.3, -0.25) is 4.99 Å². The lowest BCUT2D eigenvalue weighted by Crippen LogP contribution is -1.88. The molecule has 0 radical (unpaired) electrons. The molecule has 0 aliphatic carbocycles. The van der Waals surface area contributed by atoms with Gasteiger partial charge in [-0.1, -0.05) is 43.3 Å². The summed E-state index contributed by atoms with van der Waals surface area (Å²) in [6.45, 7) is 2.11. The number of rotatable bonds is 3. The molecule has 1 rings (SSSR count). The van der Waals surface area contributed by atoms with Crippen LogP contribution in [0.3, 0.4) is 0 Å². The quantitative estimate of drug-likeness (QED) is 0.622. The molecule has 0 saturated carbocycles. The van der Waals surface area contributed by atoms with E-state index in [0.29, 0.717) is 0 Å². The van der Waals surface area contributed by atoms with Gasteiger partial charge in [0, 0.05) is 12.8 Å². The summed E-state index contributed by atoms with van der Waals surface area (Å²) in [5.41, 5.74) is 2.35. The fraction of sp³-hybridized carbons (Fsp3) is 0.250. The van der Waals surface area contributed by atoms with E-state index >= 15 is 0 Å². The second kappa shape index (κ2) is 5.31. The number of hydrogen-bond donors (Lipinski definition) is 0. The number of hydrogen-bond acceptors (Lipinski definition) is 1. The summed E-state index contributed by atoms with van der Waals surface area (Å²) in [5, 5.41) is 0. The highest BCUT2D eigenvalue weighted by atomic mass is 14.7. The van der Waals surface area contributed by atoms with Crippen LogP contribution in [0.1, 0.15) is 18.9 Å². The Morgan fingerprint density at radius 1 is 1.31 bits per heavy atom. The summed E-state index contributed by atoms with van der Waals surface area (Å²) >= 11 is 0. The predicted molar refractivity (Wildman–Crippen MR) is 59.1 cm³/mol. The molecule has 0 amide bonds. The van der Waals surface area contributed by atoms with E-state index in [1.54, 1.807) is 0 Å². The molecule has 1 aromatic rings. The average Bonchev–Trinajstić information content (AvgIpc) is 2.21. The molecule has 0 aromatic heterocycles. The number of benzene rings is 1. The summed E-state index contributed by atoms with van der Waals surface area (Å²) in [7, 11) is 1.83. The van der Waals surface area contributed by atoms with Gasteiger partial charge in [-0.2, -0.15) is 0 Å². The Morgan fingerprint density at radius 2 is 2.00 bits per heavy atom. The first-order valence-electron chi connectivity index (χ1n) is 4.55. The molecule has 0 saturated heterocycles. The Morgan fingerprint density at radius 3 is 2.54 bits per heavy atom. The van der Waals surface area contributed by atoms with Crippen LogP contribution in [0.25, 0.3) is 6.08 Å². The first kappa shape index (κ1) is 9.72. The lowest BCUT2D eigenvalue weighted by atomic mass is 10.2. The van der Waals surface area contributed by atoms with E-state index in [9.17, 15) is 0 Å². The molecule has 1 aromatic carbocycles. The lowest BCUT2D eigenvalue weighted by Gasteiger charge is -1.93. The monoisotopic (exact) mass is 173 g/mol. The van der Waals surface area contributed by atoms with Gasteiger partial charge < -0.3 is 0 Å². The molecule has 0 aliphatic heterocycles. The van der Waals surface area contributed by atoms with Gasteiger partial charge in [-0.25, -0.2) is 0 Å². The van der Waals surface area contributed by atoms with Crippen LogP contribution in [0.2, 0.25) is 0 Å². The van der Waals surface area contributed by atoms with Crippen LogP contribution in [0.15, 0.2) is 41.4 Å². The van der Waals surface area contributed by atoms with Crippen LogP contribution < -0.4 is 0 Å². The third-order valence-corrected chi connectivity index (χ3v) is 1.92. The maximum Gasteiger partial charge on any atom is 0.0342 e. The first-order valence-corrected chi connectivity index (χ1v) is 4.55. The van der Waals surface area contributed by atoms with Crippen molar-refractivity contribution < 1.29 is 0 Å². The van der Waals surface area contributed by atoms with Crippen molar-refractivity contribution in [1.29, 1.82) is 0 Å². The Balaban J connectivity index is 2.69. The van der Waals surface area contributed by atoms with Crippen molar-refractivity contribution in [1.82, 2.24) is 0 Å². The fourth-order valence-electron chi connectivity index (χ4n) is 1.11. The predicted octanol–water partition coefficient (Wildman–Crippen LogP) is 3.18. The van der Waals surface area contributed by atoms with Gasteiger partial charge in [0.1, 0.15) is 0 Å². The molecule has 13 heavy (non-hydrogen) atoms. The largest absolute Gasteiger partial charge is 0.293 e. The van der Waals surface area contributed by atoms with Crippen molar-refractivity contribution in [2.24, 2.45) is 4.99 Å². The SMILES string of the molecule is CCC(/C=C\c1ccccc1)=N/C. The summed E-state index contributed by atoms with van der Waals surface area (Å²) in [6, 6.07) is 10.3. The molecular weight excluding hydrogens is 158 g/mol. The van der Waals surface area contributed by atoms with E-state index < -0.39 is 0 Å². The lowest BCUT2D eigenvalue weighted by molar-refractivity contribution is 1.26. The van der Waals surface area contributed by atoms with E-state index in [2.05, 4.69) is 36.2 Å². The van der Waals surface area contributed by atoms with Crippen LogP contribution in [0.5, 0.6) is 0 Å². The molecule has 0 N–H and O–H groups in total. The summed E-state index contributed by atoms with van der Waals surface area (Å²) < 4.78 is 0. The Bertz CT molecular complexity index is 296. The molecule has 0 atom stereocenters. The van der Waals surface area contributed by atoms with E-state index in [0.717, 1.165) is 12.1 Å². The highest BCUT2D eigenvalue weighted by Gasteiger charge is 1.87. The highest BCUT2D eigenvalue weighted by Crippen LogP contribution is 2.01. The highest BCUT2D eigenvalue weighted by molar-refractivity contribution is 5.97. The number of allylic oxidation sites excluding steroid dienone is 1. The molecule has 0 bridgehead atoms. The fourth-order valence-corrected chi connectivity index (χ4v) is 1.11. The maximum absolute atomic E-state index is 4.15. The number of aliphatic imine (C=N–C) groups is 1. The zero-order valence-electron chi connectivity index (χ0n) is 8.20. The van der Waals surface area contributed by atoms with Gasteiger partial charge in [0.05, 0.1) is 0 Å². The van der Waals surface area contributed by atoms with E-state index in [4.69, 9.17) is 0 Å². The minimum atomic E-state index is 0.986.